The van der Waals surface area contributed by atoms with Crippen molar-refractivity contribution < 1.29 is 13.2 Å². The Morgan fingerprint density at radius 2 is 0.814 bits per heavy atom. The van der Waals surface area contributed by atoms with Crippen LogP contribution < -0.4 is 0 Å². The van der Waals surface area contributed by atoms with Crippen molar-refractivity contribution in [2.45, 2.75) is 0 Å². The molecule has 1 heterocycles. The second-order valence-electron chi connectivity index (χ2n) is 11.1. The summed E-state index contributed by atoms with van der Waals surface area (Å²) in [6.07, 6.45) is 0. The molecule has 0 bridgehead atoms. The summed E-state index contributed by atoms with van der Waals surface area (Å²) in [4.78, 5) is 0. The van der Waals surface area contributed by atoms with Crippen molar-refractivity contribution in [1.82, 2.24) is 0 Å². The summed E-state index contributed by atoms with van der Waals surface area (Å²) in [6, 6.07) is 42.9. The molecule has 0 radical (unpaired) electrons. The van der Waals surface area contributed by atoms with Crippen LogP contribution in [0.1, 0.15) is 0 Å². The quantitative estimate of drug-likeness (QED) is 0.193. The van der Waals surface area contributed by atoms with Crippen LogP contribution in [0.25, 0.3) is 87.3 Å². The zero-order chi connectivity index (χ0) is 28.7. The van der Waals surface area contributed by atoms with Gasteiger partial charge in [-0.1, -0.05) is 121 Å². The minimum atomic E-state index is -0.213. The Balaban J connectivity index is 1.35. The van der Waals surface area contributed by atoms with Gasteiger partial charge < -0.3 is 4.42 Å². The molecule has 1 aromatic heterocycles. The van der Waals surface area contributed by atoms with E-state index in [4.69, 9.17) is 4.42 Å². The Bertz CT molecular complexity index is 2480. The molecule has 0 fully saturated rings. The molecular formula is C40H22F2O. The summed E-state index contributed by atoms with van der Waals surface area (Å²) in [6.45, 7) is 0. The van der Waals surface area contributed by atoms with Crippen LogP contribution in [0, 0.1) is 11.6 Å². The van der Waals surface area contributed by atoms with Crippen molar-refractivity contribution in [3.8, 4) is 22.3 Å². The lowest BCUT2D eigenvalue weighted by atomic mass is 9.90. The summed E-state index contributed by atoms with van der Waals surface area (Å²) in [5.74, 6) is -0.418. The lowest BCUT2D eigenvalue weighted by Crippen LogP contribution is -1.90. The van der Waals surface area contributed by atoms with Crippen LogP contribution in [-0.4, -0.2) is 0 Å². The van der Waals surface area contributed by atoms with Gasteiger partial charge in [0, 0.05) is 43.4 Å². The molecule has 0 saturated carbocycles. The molecule has 0 saturated heterocycles. The molecule has 0 aliphatic rings. The van der Waals surface area contributed by atoms with Crippen molar-refractivity contribution in [2.75, 3.05) is 0 Å². The number of hydrogen-bond donors (Lipinski definition) is 0. The van der Waals surface area contributed by atoms with E-state index in [1.807, 2.05) is 103 Å². The average molecular weight is 557 g/mol. The first kappa shape index (κ1) is 24.1. The molecule has 9 aromatic rings. The number of hydrogen-bond acceptors (Lipinski definition) is 1. The van der Waals surface area contributed by atoms with Gasteiger partial charge in [0.2, 0.25) is 0 Å². The number of benzene rings is 8. The molecule has 3 heteroatoms. The predicted octanol–water partition coefficient (Wildman–Crippen LogP) is 11.8. The maximum Gasteiger partial charge on any atom is 0.143 e. The van der Waals surface area contributed by atoms with Crippen molar-refractivity contribution in [2.24, 2.45) is 0 Å². The fourth-order valence-electron chi connectivity index (χ4n) is 6.90. The Morgan fingerprint density at radius 1 is 0.372 bits per heavy atom. The number of furan rings is 1. The summed E-state index contributed by atoms with van der Waals surface area (Å²) >= 11 is 0. The van der Waals surface area contributed by atoms with Gasteiger partial charge in [-0.3, -0.25) is 0 Å². The van der Waals surface area contributed by atoms with Crippen LogP contribution in [0.15, 0.2) is 138 Å². The Kier molecular flexibility index (Phi) is 5.03. The fraction of sp³-hybridized carbons (Fsp3) is 0. The molecule has 0 aliphatic heterocycles. The smallest absolute Gasteiger partial charge is 0.143 e. The van der Waals surface area contributed by atoms with Crippen molar-refractivity contribution >= 4 is 65.0 Å². The molecule has 8 aromatic carbocycles. The highest BCUT2D eigenvalue weighted by Crippen LogP contribution is 2.45. The largest absolute Gasteiger partial charge is 0.455 e. The Labute approximate surface area is 245 Å². The van der Waals surface area contributed by atoms with Crippen molar-refractivity contribution in [3.05, 3.63) is 145 Å². The molecule has 0 unspecified atom stereocenters. The molecule has 0 N–H and O–H groups in total. The Hall–Kier alpha value is -5.54. The van der Waals surface area contributed by atoms with Gasteiger partial charge in [0.1, 0.15) is 22.8 Å². The maximum atomic E-state index is 15.6. The van der Waals surface area contributed by atoms with Gasteiger partial charge in [-0.25, -0.2) is 8.78 Å². The summed E-state index contributed by atoms with van der Waals surface area (Å²) in [7, 11) is 0. The van der Waals surface area contributed by atoms with E-state index in [1.165, 1.54) is 0 Å². The summed E-state index contributed by atoms with van der Waals surface area (Å²) in [5.41, 5.74) is 5.30. The highest BCUT2D eigenvalue weighted by molar-refractivity contribution is 6.20. The molecular weight excluding hydrogens is 534 g/mol. The second-order valence-corrected chi connectivity index (χ2v) is 11.1. The molecule has 43 heavy (non-hydrogen) atoms. The number of para-hydroxylation sites is 1. The third-order valence-electron chi connectivity index (χ3n) is 8.79. The monoisotopic (exact) mass is 556 g/mol. The molecule has 0 atom stereocenters. The van der Waals surface area contributed by atoms with Crippen molar-refractivity contribution in [1.29, 1.82) is 0 Å². The van der Waals surface area contributed by atoms with Gasteiger partial charge in [-0.05, 0) is 44.8 Å². The van der Waals surface area contributed by atoms with Crippen LogP contribution >= 0.6 is 0 Å². The molecule has 9 rings (SSSR count). The zero-order valence-corrected chi connectivity index (χ0v) is 22.9. The van der Waals surface area contributed by atoms with E-state index in [2.05, 4.69) is 30.3 Å². The first-order valence-corrected chi connectivity index (χ1v) is 14.3. The van der Waals surface area contributed by atoms with E-state index in [0.717, 1.165) is 65.7 Å². The van der Waals surface area contributed by atoms with E-state index < -0.39 is 0 Å². The maximum absolute atomic E-state index is 15.6. The van der Waals surface area contributed by atoms with E-state index >= 15 is 8.78 Å². The summed E-state index contributed by atoms with van der Waals surface area (Å²) < 4.78 is 37.9. The molecule has 0 spiro atoms. The van der Waals surface area contributed by atoms with Crippen LogP contribution in [0.4, 0.5) is 8.78 Å². The third kappa shape index (κ3) is 3.36. The zero-order valence-electron chi connectivity index (χ0n) is 22.9. The standard InChI is InChI=1S/C40H22F2O/c41-38-29-14-5-1-10-25(29)36(26-11-2-6-15-30(26)38)23-20-21-24-33-18-9-19-34(40(33)43-35(24)22-23)37-27-12-3-7-16-31(27)39(42)32-17-8-4-13-28(32)37/h1-22H. The molecule has 1 nitrogen and oxygen atoms in total. The van der Waals surface area contributed by atoms with Gasteiger partial charge in [-0.2, -0.15) is 0 Å². The van der Waals surface area contributed by atoms with Gasteiger partial charge >= 0.3 is 0 Å². The van der Waals surface area contributed by atoms with Crippen LogP contribution in [-0.2, 0) is 0 Å². The fourth-order valence-corrected chi connectivity index (χ4v) is 6.90. The molecule has 202 valence electrons. The number of rotatable bonds is 2. The predicted molar refractivity (Wildman–Crippen MR) is 175 cm³/mol. The van der Waals surface area contributed by atoms with E-state index in [9.17, 15) is 0 Å². The molecule has 0 aliphatic carbocycles. The molecule has 0 amide bonds. The topological polar surface area (TPSA) is 13.1 Å². The summed E-state index contributed by atoms with van der Waals surface area (Å²) in [5, 5.41) is 7.75. The van der Waals surface area contributed by atoms with Crippen LogP contribution in [0.3, 0.4) is 0 Å². The lowest BCUT2D eigenvalue weighted by Gasteiger charge is -2.13. The second kappa shape index (κ2) is 8.98. The lowest BCUT2D eigenvalue weighted by molar-refractivity contribution is 0.651. The Morgan fingerprint density at radius 3 is 1.33 bits per heavy atom. The number of fused-ring (bicyclic) bond motifs is 7. The minimum absolute atomic E-state index is 0.205. The van der Waals surface area contributed by atoms with Crippen LogP contribution in [0.5, 0.6) is 0 Å². The van der Waals surface area contributed by atoms with Crippen LogP contribution in [0.2, 0.25) is 0 Å². The highest BCUT2D eigenvalue weighted by Gasteiger charge is 2.20. The van der Waals surface area contributed by atoms with Crippen molar-refractivity contribution in [3.63, 3.8) is 0 Å². The minimum Gasteiger partial charge on any atom is -0.455 e. The third-order valence-corrected chi connectivity index (χ3v) is 8.79. The first-order valence-electron chi connectivity index (χ1n) is 14.3. The average Bonchev–Trinajstić information content (AvgIpc) is 3.44. The van der Waals surface area contributed by atoms with Gasteiger partial charge in [0.05, 0.1) is 0 Å². The normalized spacial score (nSPS) is 12.0. The number of halogens is 2. The van der Waals surface area contributed by atoms with Gasteiger partial charge in [0.15, 0.2) is 0 Å². The van der Waals surface area contributed by atoms with Gasteiger partial charge in [0.25, 0.3) is 0 Å². The van der Waals surface area contributed by atoms with E-state index in [-0.39, 0.29) is 11.6 Å². The first-order chi connectivity index (χ1) is 21.2. The SMILES string of the molecule is Fc1c2ccccc2c(-c2ccc3c(c2)oc2c(-c4c5ccccc5c(F)c5ccccc45)cccc23)c2ccccc12. The highest BCUT2D eigenvalue weighted by atomic mass is 19.1. The van der Waals surface area contributed by atoms with E-state index in [1.54, 1.807) is 0 Å². The van der Waals surface area contributed by atoms with E-state index in [0.29, 0.717) is 21.5 Å². The van der Waals surface area contributed by atoms with Gasteiger partial charge in [-0.15, -0.1) is 0 Å².